The van der Waals surface area contributed by atoms with Gasteiger partial charge in [0, 0.05) is 48.5 Å². The van der Waals surface area contributed by atoms with Gasteiger partial charge in [0.2, 0.25) is 0 Å². The van der Waals surface area contributed by atoms with Crippen LogP contribution in [-0.4, -0.2) is 14.5 Å². The molecule has 0 aliphatic carbocycles. The predicted octanol–water partition coefficient (Wildman–Crippen LogP) is 10.2. The summed E-state index contributed by atoms with van der Waals surface area (Å²) in [5.74, 6) is 0. The summed E-state index contributed by atoms with van der Waals surface area (Å²) in [6, 6.07) is 58.5. The number of aryl methyl sites for hydroxylation is 1. The van der Waals surface area contributed by atoms with E-state index in [-0.39, 0.29) is 20.1 Å². The first-order chi connectivity index (χ1) is 21.7. The van der Waals surface area contributed by atoms with E-state index in [4.69, 9.17) is 0 Å². The number of para-hydroxylation sites is 2. The van der Waals surface area contributed by atoms with Crippen molar-refractivity contribution in [3.8, 4) is 39.3 Å². The van der Waals surface area contributed by atoms with E-state index in [9.17, 15) is 0 Å². The maximum absolute atomic E-state index is 4.45. The molecule has 8 aromatic rings. The van der Waals surface area contributed by atoms with Crippen LogP contribution in [0.5, 0.6) is 0 Å². The van der Waals surface area contributed by atoms with Crippen LogP contribution in [0.4, 0.5) is 0 Å². The van der Waals surface area contributed by atoms with Crippen molar-refractivity contribution in [3.63, 3.8) is 0 Å². The summed E-state index contributed by atoms with van der Waals surface area (Å²) in [5.41, 5.74) is 11.0. The number of fused-ring (bicyclic) bond motifs is 3. The molecule has 0 saturated carbocycles. The Hall–Kier alpha value is -5.15. The molecule has 0 bridgehead atoms. The third kappa shape index (κ3) is 6.39. The van der Waals surface area contributed by atoms with Crippen molar-refractivity contribution in [1.29, 1.82) is 0 Å². The summed E-state index contributed by atoms with van der Waals surface area (Å²) in [6.07, 6.45) is 1.82. The molecule has 3 aromatic heterocycles. The normalized spacial score (nSPS) is 10.6. The van der Waals surface area contributed by atoms with E-state index in [0.717, 1.165) is 39.5 Å². The molecule has 0 saturated heterocycles. The van der Waals surface area contributed by atoms with Gasteiger partial charge in [0.1, 0.15) is 0 Å². The molecule has 0 unspecified atom stereocenters. The van der Waals surface area contributed by atoms with Crippen molar-refractivity contribution in [2.75, 3.05) is 0 Å². The van der Waals surface area contributed by atoms with Gasteiger partial charge in [-0.3, -0.25) is 0 Å². The number of nitrogens with zero attached hydrogens (tertiary/aromatic N) is 3. The Morgan fingerprint density at radius 3 is 1.87 bits per heavy atom. The topological polar surface area (TPSA) is 30.7 Å². The molecule has 219 valence electrons. The summed E-state index contributed by atoms with van der Waals surface area (Å²) >= 11 is 0. The fourth-order valence-electron chi connectivity index (χ4n) is 5.57. The van der Waals surface area contributed by atoms with E-state index in [1.54, 1.807) is 0 Å². The van der Waals surface area contributed by atoms with E-state index >= 15 is 0 Å². The van der Waals surface area contributed by atoms with Gasteiger partial charge in [0.05, 0.1) is 11.0 Å². The van der Waals surface area contributed by atoms with Gasteiger partial charge < -0.3 is 14.5 Å². The molecule has 8 rings (SSSR count). The van der Waals surface area contributed by atoms with E-state index in [1.807, 2.05) is 79.9 Å². The van der Waals surface area contributed by atoms with E-state index in [2.05, 4.69) is 112 Å². The van der Waals surface area contributed by atoms with E-state index in [0.29, 0.717) is 0 Å². The number of pyridine rings is 2. The predicted molar refractivity (Wildman–Crippen MR) is 182 cm³/mol. The first-order valence-corrected chi connectivity index (χ1v) is 14.7. The van der Waals surface area contributed by atoms with Crippen molar-refractivity contribution in [3.05, 3.63) is 176 Å². The van der Waals surface area contributed by atoms with Gasteiger partial charge in [-0.1, -0.05) is 72.8 Å². The number of aromatic nitrogens is 3. The summed E-state index contributed by atoms with van der Waals surface area (Å²) in [4.78, 5) is 8.87. The molecule has 0 fully saturated rings. The Labute approximate surface area is 277 Å². The minimum absolute atomic E-state index is 0. The van der Waals surface area contributed by atoms with Crippen LogP contribution in [0.1, 0.15) is 5.69 Å². The molecule has 3 nitrogen and oxygen atoms in total. The molecule has 45 heavy (non-hydrogen) atoms. The molecule has 0 aliphatic heterocycles. The van der Waals surface area contributed by atoms with Gasteiger partial charge in [-0.05, 0) is 60.3 Å². The minimum atomic E-state index is 0. The SMILES string of the molecule is Cc1cccc(-c2[c-]cccc2)n1.[Ir].[c-]1ccc(-c2ccc(-n3c4ccccc4c4ccccc43)cc2)cc1-c1ccccn1. The molecule has 3 heterocycles. The van der Waals surface area contributed by atoms with Gasteiger partial charge in [-0.2, -0.15) is 0 Å². The van der Waals surface area contributed by atoms with Crippen molar-refractivity contribution in [1.82, 2.24) is 14.5 Å². The molecule has 0 atom stereocenters. The van der Waals surface area contributed by atoms with Gasteiger partial charge >= 0.3 is 0 Å². The molecular weight excluding hydrogens is 727 g/mol. The number of benzene rings is 5. The first-order valence-electron chi connectivity index (χ1n) is 14.7. The molecular formula is C41H29IrN3-2. The number of hydrogen-bond acceptors (Lipinski definition) is 2. The van der Waals surface area contributed by atoms with E-state index in [1.165, 1.54) is 27.4 Å². The van der Waals surface area contributed by atoms with E-state index < -0.39 is 0 Å². The Morgan fingerprint density at radius 2 is 1.20 bits per heavy atom. The van der Waals surface area contributed by atoms with Gasteiger partial charge in [-0.15, -0.1) is 71.3 Å². The third-order valence-corrected chi connectivity index (χ3v) is 7.65. The summed E-state index contributed by atoms with van der Waals surface area (Å²) < 4.78 is 2.34. The zero-order chi connectivity index (χ0) is 29.7. The summed E-state index contributed by atoms with van der Waals surface area (Å²) in [5, 5.41) is 2.56. The second kappa shape index (κ2) is 13.7. The standard InChI is InChI=1S/C29H19N2.C12H10N.Ir/c1-3-13-28-25(10-1)26-11-2-4-14-29(26)31(28)24-17-15-21(16-18-24)22-8-7-9-23(20-22)27-12-5-6-19-30-27;1-10-6-5-9-12(13-10)11-7-3-2-4-8-11;/h1-8,10-20H;2-7,9H,1H3;/q2*-1;. The first kappa shape index (κ1) is 29.9. The number of hydrogen-bond donors (Lipinski definition) is 0. The van der Waals surface area contributed by atoms with Crippen LogP contribution in [0.3, 0.4) is 0 Å². The second-order valence-electron chi connectivity index (χ2n) is 10.6. The van der Waals surface area contributed by atoms with Crippen LogP contribution in [-0.2, 0) is 20.1 Å². The monoisotopic (exact) mass is 756 g/mol. The Kier molecular flexibility index (Phi) is 9.07. The average molecular weight is 756 g/mol. The Balaban J connectivity index is 0.000000215. The maximum atomic E-state index is 4.45. The van der Waals surface area contributed by atoms with Crippen LogP contribution in [0, 0.1) is 19.1 Å². The fourth-order valence-corrected chi connectivity index (χ4v) is 5.57. The van der Waals surface area contributed by atoms with Crippen molar-refractivity contribution >= 4 is 21.8 Å². The Bertz CT molecular complexity index is 2120. The van der Waals surface area contributed by atoms with Gasteiger partial charge in [0.15, 0.2) is 0 Å². The molecule has 4 heteroatoms. The summed E-state index contributed by atoms with van der Waals surface area (Å²) in [6.45, 7) is 1.99. The van der Waals surface area contributed by atoms with Crippen LogP contribution in [0.2, 0.25) is 0 Å². The van der Waals surface area contributed by atoms with Crippen molar-refractivity contribution in [2.24, 2.45) is 0 Å². The van der Waals surface area contributed by atoms with Crippen LogP contribution in [0.25, 0.3) is 61.1 Å². The molecule has 0 spiro atoms. The molecule has 1 radical (unpaired) electrons. The quantitative estimate of drug-likeness (QED) is 0.168. The number of rotatable bonds is 4. The third-order valence-electron chi connectivity index (χ3n) is 7.65. The molecule has 0 amide bonds. The largest absolute Gasteiger partial charge is 0.309 e. The minimum Gasteiger partial charge on any atom is -0.309 e. The average Bonchev–Trinajstić information content (AvgIpc) is 3.44. The van der Waals surface area contributed by atoms with Crippen LogP contribution in [0.15, 0.2) is 158 Å². The van der Waals surface area contributed by atoms with Gasteiger partial charge in [0.25, 0.3) is 0 Å². The zero-order valence-corrected chi connectivity index (χ0v) is 27.1. The zero-order valence-electron chi connectivity index (χ0n) is 24.7. The molecule has 0 aliphatic rings. The second-order valence-corrected chi connectivity index (χ2v) is 10.6. The fraction of sp³-hybridized carbons (Fsp3) is 0.0244. The van der Waals surface area contributed by atoms with Crippen molar-refractivity contribution < 1.29 is 20.1 Å². The summed E-state index contributed by atoms with van der Waals surface area (Å²) in [7, 11) is 0. The van der Waals surface area contributed by atoms with Crippen LogP contribution >= 0.6 is 0 Å². The van der Waals surface area contributed by atoms with Crippen molar-refractivity contribution in [2.45, 2.75) is 6.92 Å². The molecule has 0 N–H and O–H groups in total. The molecule has 5 aromatic carbocycles. The maximum Gasteiger partial charge on any atom is 0.0541 e. The van der Waals surface area contributed by atoms with Gasteiger partial charge in [-0.25, -0.2) is 0 Å². The smallest absolute Gasteiger partial charge is 0.0541 e. The Morgan fingerprint density at radius 1 is 0.533 bits per heavy atom. The van der Waals surface area contributed by atoms with Crippen LogP contribution < -0.4 is 0 Å².